The first-order valence-corrected chi connectivity index (χ1v) is 16.5. The number of aliphatic hydroxyl groups excluding tert-OH is 2. The van der Waals surface area contributed by atoms with E-state index in [1.54, 1.807) is 34.1 Å². The maximum atomic E-state index is 13.7. The fourth-order valence-electron chi connectivity index (χ4n) is 7.16. The third-order valence-electron chi connectivity index (χ3n) is 9.90. The monoisotopic (exact) mass is 604 g/mol. The number of nitrogens with one attached hydrogen (secondary N) is 1. The number of fused-ring (bicyclic) bond motifs is 2. The number of rotatable bonds is 6. The SMILES string of the molecule is CC(=O)N1CCN(C(=O)C[C@@H]2c3nc(NS(=O)(=O)c4ccc(C)cc4)sc3C[C@@H]3[C@](C)(CO)[C@H](O)CC[C@]32C)CC1. The zero-order valence-corrected chi connectivity index (χ0v) is 25.7. The van der Waals surface area contributed by atoms with Gasteiger partial charge in [0.25, 0.3) is 10.0 Å². The highest BCUT2D eigenvalue weighted by molar-refractivity contribution is 7.93. The molecular weight excluding hydrogens is 564 g/mol. The highest BCUT2D eigenvalue weighted by Crippen LogP contribution is 2.63. The third-order valence-corrected chi connectivity index (χ3v) is 12.4. The number of nitrogens with zero attached hydrogens (tertiary/aromatic N) is 3. The van der Waals surface area contributed by atoms with E-state index in [0.29, 0.717) is 45.4 Å². The van der Waals surface area contributed by atoms with Crippen molar-refractivity contribution in [2.75, 3.05) is 37.5 Å². The molecule has 2 heterocycles. The van der Waals surface area contributed by atoms with Crippen molar-refractivity contribution in [3.05, 3.63) is 40.4 Å². The second-order valence-electron chi connectivity index (χ2n) is 12.4. The molecule has 1 aromatic carbocycles. The molecule has 5 rings (SSSR count). The van der Waals surface area contributed by atoms with Crippen LogP contribution in [0.2, 0.25) is 0 Å². The summed E-state index contributed by atoms with van der Waals surface area (Å²) in [5.41, 5.74) is 0.462. The molecule has 0 unspecified atom stereocenters. The van der Waals surface area contributed by atoms with Gasteiger partial charge in [-0.3, -0.25) is 14.3 Å². The third kappa shape index (κ3) is 5.39. The van der Waals surface area contributed by atoms with Crippen LogP contribution in [0.3, 0.4) is 0 Å². The molecule has 2 aliphatic carbocycles. The van der Waals surface area contributed by atoms with Crippen molar-refractivity contribution in [3.63, 3.8) is 0 Å². The zero-order chi connectivity index (χ0) is 29.7. The molecule has 41 heavy (non-hydrogen) atoms. The van der Waals surface area contributed by atoms with E-state index in [2.05, 4.69) is 11.6 Å². The summed E-state index contributed by atoms with van der Waals surface area (Å²) in [6, 6.07) is 6.60. The summed E-state index contributed by atoms with van der Waals surface area (Å²) in [4.78, 5) is 34.8. The number of benzene rings is 1. The van der Waals surface area contributed by atoms with Gasteiger partial charge in [0.1, 0.15) is 0 Å². The molecule has 2 fully saturated rings. The van der Waals surface area contributed by atoms with Crippen molar-refractivity contribution in [1.29, 1.82) is 0 Å². The Bertz CT molecular complexity index is 1420. The summed E-state index contributed by atoms with van der Waals surface area (Å²) in [6.07, 6.45) is 1.19. The molecule has 3 N–H and O–H groups in total. The summed E-state index contributed by atoms with van der Waals surface area (Å²) in [5, 5.41) is 21.7. The average Bonchev–Trinajstić information content (AvgIpc) is 3.33. The van der Waals surface area contributed by atoms with Gasteiger partial charge in [-0.05, 0) is 49.7 Å². The number of hydrogen-bond acceptors (Lipinski definition) is 8. The van der Waals surface area contributed by atoms with Gasteiger partial charge < -0.3 is 20.0 Å². The molecule has 1 aromatic heterocycles. The Morgan fingerprint density at radius 2 is 1.76 bits per heavy atom. The van der Waals surface area contributed by atoms with E-state index in [1.165, 1.54) is 18.3 Å². The van der Waals surface area contributed by atoms with Gasteiger partial charge in [0, 0.05) is 55.7 Å². The Labute approximate surface area is 245 Å². The fraction of sp³-hybridized carbons (Fsp3) is 0.621. The van der Waals surface area contributed by atoms with Gasteiger partial charge >= 0.3 is 0 Å². The molecule has 0 bridgehead atoms. The van der Waals surface area contributed by atoms with E-state index in [9.17, 15) is 28.2 Å². The quantitative estimate of drug-likeness (QED) is 0.461. The van der Waals surface area contributed by atoms with Crippen LogP contribution in [0.4, 0.5) is 5.13 Å². The minimum atomic E-state index is -3.87. The largest absolute Gasteiger partial charge is 0.396 e. The molecule has 1 saturated carbocycles. The van der Waals surface area contributed by atoms with Crippen LogP contribution in [0.25, 0.3) is 0 Å². The number of piperazine rings is 1. The Morgan fingerprint density at radius 1 is 1.12 bits per heavy atom. The number of aliphatic hydroxyl groups is 2. The lowest BCUT2D eigenvalue weighted by atomic mass is 9.47. The lowest BCUT2D eigenvalue weighted by molar-refractivity contribution is -0.149. The highest BCUT2D eigenvalue weighted by atomic mass is 32.2. The van der Waals surface area contributed by atoms with Crippen molar-refractivity contribution in [2.24, 2.45) is 16.7 Å². The Balaban J connectivity index is 1.48. The van der Waals surface area contributed by atoms with Gasteiger partial charge in [-0.15, -0.1) is 11.3 Å². The van der Waals surface area contributed by atoms with Gasteiger partial charge in [0.2, 0.25) is 11.8 Å². The molecule has 0 radical (unpaired) electrons. The van der Waals surface area contributed by atoms with Crippen molar-refractivity contribution in [2.45, 2.75) is 70.3 Å². The maximum Gasteiger partial charge on any atom is 0.263 e. The minimum Gasteiger partial charge on any atom is -0.396 e. The number of carbonyl (C=O) groups is 2. The molecule has 224 valence electrons. The first kappa shape index (κ1) is 29.9. The van der Waals surface area contributed by atoms with Crippen LogP contribution in [0.15, 0.2) is 29.2 Å². The molecule has 3 aliphatic rings. The van der Waals surface area contributed by atoms with Crippen molar-refractivity contribution < 1.29 is 28.2 Å². The van der Waals surface area contributed by atoms with E-state index in [1.807, 2.05) is 13.8 Å². The van der Waals surface area contributed by atoms with E-state index in [-0.39, 0.29) is 46.7 Å². The van der Waals surface area contributed by atoms with Crippen molar-refractivity contribution >= 4 is 38.3 Å². The lowest BCUT2D eigenvalue weighted by Crippen LogP contribution is -2.58. The summed E-state index contributed by atoms with van der Waals surface area (Å²) < 4.78 is 29.0. The van der Waals surface area contributed by atoms with Crippen LogP contribution < -0.4 is 4.72 Å². The lowest BCUT2D eigenvalue weighted by Gasteiger charge is -2.58. The van der Waals surface area contributed by atoms with Gasteiger partial charge in [-0.25, -0.2) is 13.4 Å². The maximum absolute atomic E-state index is 13.7. The molecule has 5 atom stereocenters. The number of carbonyl (C=O) groups excluding carboxylic acids is 2. The van der Waals surface area contributed by atoms with Crippen LogP contribution in [-0.4, -0.2) is 84.1 Å². The average molecular weight is 605 g/mol. The smallest absolute Gasteiger partial charge is 0.263 e. The molecule has 0 spiro atoms. The van der Waals surface area contributed by atoms with Crippen LogP contribution in [0.1, 0.15) is 62.1 Å². The van der Waals surface area contributed by atoms with Crippen LogP contribution >= 0.6 is 11.3 Å². The first-order valence-electron chi connectivity index (χ1n) is 14.2. The highest BCUT2D eigenvalue weighted by Gasteiger charge is 2.59. The second kappa shape index (κ2) is 10.9. The van der Waals surface area contributed by atoms with Gasteiger partial charge in [0.15, 0.2) is 5.13 Å². The predicted molar refractivity (Wildman–Crippen MR) is 156 cm³/mol. The van der Waals surface area contributed by atoms with Crippen molar-refractivity contribution in [3.8, 4) is 0 Å². The molecule has 10 nitrogen and oxygen atoms in total. The molecule has 2 aromatic rings. The molecule has 2 amide bonds. The normalized spacial score (nSPS) is 30.0. The van der Waals surface area contributed by atoms with Crippen LogP contribution in [-0.2, 0) is 26.0 Å². The minimum absolute atomic E-state index is 0.00322. The molecule has 1 aliphatic heterocycles. The number of hydrogen-bond donors (Lipinski definition) is 3. The Kier molecular flexibility index (Phi) is 7.99. The van der Waals surface area contributed by atoms with Crippen LogP contribution in [0, 0.1) is 23.7 Å². The number of anilines is 1. The zero-order valence-electron chi connectivity index (χ0n) is 24.1. The topological polar surface area (TPSA) is 140 Å². The summed E-state index contributed by atoms with van der Waals surface area (Å²) in [5.74, 6) is -0.485. The standard InChI is InChI=1S/C29H40N4O6S2/c1-18-5-7-20(8-6-18)41(38,39)31-27-30-26-21(15-25(37)33-13-11-32(12-14-33)19(2)35)28(3)10-9-24(36)29(4,17-34)23(28)16-22(26)40-27/h5-8,21,23-24,34,36H,9-17H2,1-4H3,(H,30,31)/t21-,23+,24-,28+,29+/m1/s1. The Hall–Kier alpha value is -2.54. The summed E-state index contributed by atoms with van der Waals surface area (Å²) >= 11 is 1.26. The number of thiazole rings is 1. The van der Waals surface area contributed by atoms with Crippen molar-refractivity contribution in [1.82, 2.24) is 14.8 Å². The van der Waals surface area contributed by atoms with Gasteiger partial charge in [0.05, 0.1) is 23.3 Å². The fourth-order valence-corrected chi connectivity index (χ4v) is 9.46. The molecular formula is C29H40N4O6S2. The van der Waals surface area contributed by atoms with E-state index < -0.39 is 27.0 Å². The van der Waals surface area contributed by atoms with Crippen LogP contribution in [0.5, 0.6) is 0 Å². The van der Waals surface area contributed by atoms with Gasteiger partial charge in [-0.2, -0.15) is 0 Å². The van der Waals surface area contributed by atoms with Gasteiger partial charge in [-0.1, -0.05) is 31.5 Å². The second-order valence-corrected chi connectivity index (χ2v) is 15.1. The van der Waals surface area contributed by atoms with E-state index in [0.717, 1.165) is 16.1 Å². The molecule has 12 heteroatoms. The number of aryl methyl sites for hydroxylation is 1. The summed E-state index contributed by atoms with van der Waals surface area (Å²) in [7, 11) is -3.87. The number of sulfonamides is 1. The summed E-state index contributed by atoms with van der Waals surface area (Å²) in [6.45, 7) is 9.18. The van der Waals surface area contributed by atoms with E-state index >= 15 is 0 Å². The van der Waals surface area contributed by atoms with E-state index in [4.69, 9.17) is 4.98 Å². The Morgan fingerprint density at radius 3 is 2.37 bits per heavy atom. The number of amides is 2. The number of aromatic nitrogens is 1. The molecule has 1 saturated heterocycles. The predicted octanol–water partition coefficient (Wildman–Crippen LogP) is 2.75. The first-order chi connectivity index (χ1) is 19.3.